The summed E-state index contributed by atoms with van der Waals surface area (Å²) in [6, 6.07) is 1.43. The van der Waals surface area contributed by atoms with E-state index in [1.165, 1.54) is 12.3 Å². The highest BCUT2D eigenvalue weighted by Gasteiger charge is 2.17. The Morgan fingerprint density at radius 2 is 2.53 bits per heavy atom. The maximum atomic E-state index is 11.0. The number of aromatic nitrogens is 1. The summed E-state index contributed by atoms with van der Waals surface area (Å²) in [4.78, 5) is 17.2. The number of ether oxygens (including phenoxy) is 1. The molecule has 7 heteroatoms. The van der Waals surface area contributed by atoms with Crippen LogP contribution in [0, 0.1) is 0 Å². The first-order valence-corrected chi connectivity index (χ1v) is 6.09. The molecule has 0 radical (unpaired) electrons. The lowest BCUT2D eigenvalue weighted by atomic mass is 10.2. The number of likely N-dealkylation sites (N-methyl/N-ethyl adjacent to an activating group) is 1. The molecule has 0 saturated carbocycles. The zero-order chi connectivity index (χ0) is 13.8. The van der Waals surface area contributed by atoms with Gasteiger partial charge in [-0.1, -0.05) is 0 Å². The highest BCUT2D eigenvalue weighted by Crippen LogP contribution is 2.15. The molecule has 104 valence electrons. The van der Waals surface area contributed by atoms with Gasteiger partial charge >= 0.3 is 5.97 Å². The zero-order valence-electron chi connectivity index (χ0n) is 10.8. The van der Waals surface area contributed by atoms with Gasteiger partial charge in [0.15, 0.2) is 0 Å². The molecule has 1 aliphatic heterocycles. The van der Waals surface area contributed by atoms with Crippen molar-refractivity contribution in [3.05, 3.63) is 17.8 Å². The first kappa shape index (κ1) is 13.6. The maximum absolute atomic E-state index is 11.0. The van der Waals surface area contributed by atoms with Gasteiger partial charge in [0.25, 0.3) is 0 Å². The van der Waals surface area contributed by atoms with Crippen molar-refractivity contribution in [1.82, 2.24) is 9.88 Å². The smallest absolute Gasteiger partial charge is 0.337 e. The molecule has 1 unspecified atom stereocenters. The molecule has 7 nitrogen and oxygen atoms in total. The number of nitrogens with two attached hydrogens (primary N) is 1. The van der Waals surface area contributed by atoms with Gasteiger partial charge in [0.2, 0.25) is 0 Å². The predicted octanol–water partition coefficient (Wildman–Crippen LogP) is 0.105. The standard InChI is InChI=1S/C12H18N4O3/c1-16-2-3-19-8(7-16)5-14-11-4-9(12(17)18)10(13)6-15-11/h4,6,8H,2-3,5,7,13H2,1H3,(H,14,15)(H,17,18). The molecule has 1 aliphatic rings. The Labute approximate surface area is 111 Å². The number of carboxylic acid groups (broad SMARTS) is 1. The number of morpholine rings is 1. The topological polar surface area (TPSA) is 101 Å². The van der Waals surface area contributed by atoms with E-state index in [9.17, 15) is 4.79 Å². The van der Waals surface area contributed by atoms with Gasteiger partial charge in [0.05, 0.1) is 30.2 Å². The summed E-state index contributed by atoms with van der Waals surface area (Å²) >= 11 is 0. The van der Waals surface area contributed by atoms with Crippen LogP contribution in [0.1, 0.15) is 10.4 Å². The van der Waals surface area contributed by atoms with Crippen LogP contribution in [0.4, 0.5) is 11.5 Å². The number of nitrogens with zero attached hydrogens (tertiary/aromatic N) is 2. The number of nitrogens with one attached hydrogen (secondary N) is 1. The number of nitrogen functional groups attached to an aromatic ring is 1. The summed E-state index contributed by atoms with van der Waals surface area (Å²) in [6.07, 6.45) is 1.42. The summed E-state index contributed by atoms with van der Waals surface area (Å²) in [7, 11) is 2.04. The molecular formula is C12H18N4O3. The van der Waals surface area contributed by atoms with Gasteiger partial charge in [-0.2, -0.15) is 0 Å². The van der Waals surface area contributed by atoms with E-state index in [1.807, 2.05) is 7.05 Å². The molecule has 2 heterocycles. The number of pyridine rings is 1. The number of carbonyl (C=O) groups is 1. The number of hydrogen-bond donors (Lipinski definition) is 3. The minimum atomic E-state index is -1.06. The molecule has 0 spiro atoms. The van der Waals surface area contributed by atoms with Crippen LogP contribution in [0.2, 0.25) is 0 Å². The second-order valence-electron chi connectivity index (χ2n) is 4.60. The van der Waals surface area contributed by atoms with Crippen molar-refractivity contribution in [2.24, 2.45) is 0 Å². The summed E-state index contributed by atoms with van der Waals surface area (Å²) in [5.74, 6) is -0.569. The maximum Gasteiger partial charge on any atom is 0.337 e. The quantitative estimate of drug-likeness (QED) is 0.710. The van der Waals surface area contributed by atoms with Crippen molar-refractivity contribution in [3.8, 4) is 0 Å². The van der Waals surface area contributed by atoms with Crippen molar-refractivity contribution in [3.63, 3.8) is 0 Å². The lowest BCUT2D eigenvalue weighted by molar-refractivity contribution is -0.0117. The lowest BCUT2D eigenvalue weighted by Gasteiger charge is -2.30. The van der Waals surface area contributed by atoms with Crippen molar-refractivity contribution in [2.75, 3.05) is 44.3 Å². The second kappa shape index (κ2) is 5.85. The largest absolute Gasteiger partial charge is 0.478 e. The fraction of sp³-hybridized carbons (Fsp3) is 0.500. The van der Waals surface area contributed by atoms with Gasteiger partial charge in [0.1, 0.15) is 5.82 Å². The van der Waals surface area contributed by atoms with Crippen molar-refractivity contribution < 1.29 is 14.6 Å². The Bertz CT molecular complexity index is 466. The Morgan fingerprint density at radius 3 is 3.21 bits per heavy atom. The number of carboxylic acids is 1. The van der Waals surface area contributed by atoms with Crippen LogP contribution in [0.5, 0.6) is 0 Å². The minimum Gasteiger partial charge on any atom is -0.478 e. The fourth-order valence-electron chi connectivity index (χ4n) is 1.96. The molecule has 0 amide bonds. The van der Waals surface area contributed by atoms with E-state index in [0.29, 0.717) is 19.0 Å². The van der Waals surface area contributed by atoms with E-state index in [1.54, 1.807) is 0 Å². The first-order chi connectivity index (χ1) is 9.06. The van der Waals surface area contributed by atoms with E-state index in [2.05, 4.69) is 15.2 Å². The van der Waals surface area contributed by atoms with Crippen LogP contribution in [0.3, 0.4) is 0 Å². The summed E-state index contributed by atoms with van der Waals surface area (Å²) in [5.41, 5.74) is 5.76. The number of aromatic carboxylic acids is 1. The van der Waals surface area contributed by atoms with Crippen molar-refractivity contribution >= 4 is 17.5 Å². The number of anilines is 2. The summed E-state index contributed by atoms with van der Waals surface area (Å²) in [6.45, 7) is 3.06. The van der Waals surface area contributed by atoms with E-state index >= 15 is 0 Å². The minimum absolute atomic E-state index is 0.0548. The van der Waals surface area contributed by atoms with Crippen LogP contribution in [-0.2, 0) is 4.74 Å². The Morgan fingerprint density at radius 1 is 1.74 bits per heavy atom. The molecular weight excluding hydrogens is 248 g/mol. The van der Waals surface area contributed by atoms with E-state index < -0.39 is 5.97 Å². The number of rotatable bonds is 4. The molecule has 0 aliphatic carbocycles. The van der Waals surface area contributed by atoms with Gasteiger partial charge in [-0.3, -0.25) is 0 Å². The third-order valence-corrected chi connectivity index (χ3v) is 3.02. The monoisotopic (exact) mass is 266 g/mol. The van der Waals surface area contributed by atoms with Gasteiger partial charge in [-0.05, 0) is 13.1 Å². The highest BCUT2D eigenvalue weighted by atomic mass is 16.5. The Balaban J connectivity index is 1.96. The van der Waals surface area contributed by atoms with Crippen molar-refractivity contribution in [1.29, 1.82) is 0 Å². The van der Waals surface area contributed by atoms with Crippen LogP contribution in [0.15, 0.2) is 12.3 Å². The Kier molecular flexibility index (Phi) is 4.18. The average Bonchev–Trinajstić information content (AvgIpc) is 2.37. The van der Waals surface area contributed by atoms with Gasteiger partial charge in [0, 0.05) is 19.6 Å². The van der Waals surface area contributed by atoms with Gasteiger partial charge in [-0.25, -0.2) is 9.78 Å². The molecule has 1 saturated heterocycles. The molecule has 1 aromatic heterocycles. The third kappa shape index (κ3) is 3.55. The molecule has 1 fully saturated rings. The molecule has 1 atom stereocenters. The Hall–Kier alpha value is -1.86. The first-order valence-electron chi connectivity index (χ1n) is 6.09. The van der Waals surface area contributed by atoms with Crippen molar-refractivity contribution in [2.45, 2.75) is 6.10 Å². The van der Waals surface area contributed by atoms with Crippen LogP contribution in [-0.4, -0.2) is 60.4 Å². The van der Waals surface area contributed by atoms with Crippen LogP contribution < -0.4 is 11.1 Å². The van der Waals surface area contributed by atoms with Crippen LogP contribution in [0.25, 0.3) is 0 Å². The molecule has 0 bridgehead atoms. The summed E-state index contributed by atoms with van der Waals surface area (Å²) in [5, 5.41) is 12.1. The fourth-order valence-corrected chi connectivity index (χ4v) is 1.96. The number of hydrogen-bond acceptors (Lipinski definition) is 6. The molecule has 19 heavy (non-hydrogen) atoms. The molecule has 4 N–H and O–H groups in total. The SMILES string of the molecule is CN1CCOC(CNc2cc(C(=O)O)c(N)cn2)C1. The van der Waals surface area contributed by atoms with Crippen LogP contribution >= 0.6 is 0 Å². The molecule has 0 aromatic carbocycles. The second-order valence-corrected chi connectivity index (χ2v) is 4.60. The van der Waals surface area contributed by atoms with E-state index in [0.717, 1.165) is 13.1 Å². The highest BCUT2D eigenvalue weighted by molar-refractivity contribution is 5.94. The summed E-state index contributed by atoms with van der Waals surface area (Å²) < 4.78 is 5.60. The van der Waals surface area contributed by atoms with Gasteiger partial charge in [-0.15, -0.1) is 0 Å². The normalized spacial score (nSPS) is 20.2. The van der Waals surface area contributed by atoms with Gasteiger partial charge < -0.3 is 25.8 Å². The third-order valence-electron chi connectivity index (χ3n) is 3.02. The predicted molar refractivity (Wildman–Crippen MR) is 71.3 cm³/mol. The molecule has 2 rings (SSSR count). The van der Waals surface area contributed by atoms with E-state index in [-0.39, 0.29) is 17.4 Å². The zero-order valence-corrected chi connectivity index (χ0v) is 10.8. The lowest BCUT2D eigenvalue weighted by Crippen LogP contribution is -2.43. The average molecular weight is 266 g/mol. The van der Waals surface area contributed by atoms with E-state index in [4.69, 9.17) is 15.6 Å². The molecule has 1 aromatic rings.